The first-order chi connectivity index (χ1) is 9.99. The molecule has 0 unspecified atom stereocenters. The number of methoxy groups -OCH3 is 1. The minimum Gasteiger partial charge on any atom is -0.464 e. The third-order valence-corrected chi connectivity index (χ3v) is 2.89. The van der Waals surface area contributed by atoms with Crippen LogP contribution in [0, 0.1) is 13.8 Å². The van der Waals surface area contributed by atoms with E-state index in [1.165, 1.54) is 18.0 Å². The van der Waals surface area contributed by atoms with Crippen molar-refractivity contribution in [3.8, 4) is 0 Å². The van der Waals surface area contributed by atoms with E-state index in [1.807, 2.05) is 32.0 Å². The summed E-state index contributed by atoms with van der Waals surface area (Å²) in [6.07, 6.45) is 1.37. The maximum Gasteiger partial charge on any atom is 0.360 e. The number of carbonyl (C=O) groups is 2. The Balaban J connectivity index is 2.01. The minimum atomic E-state index is -0.587. The molecule has 7 heteroatoms. The quantitative estimate of drug-likeness (QED) is 0.857. The highest BCUT2D eigenvalue weighted by Crippen LogP contribution is 2.15. The molecule has 110 valence electrons. The Kier molecular flexibility index (Phi) is 4.32. The van der Waals surface area contributed by atoms with Crippen LogP contribution in [0.2, 0.25) is 0 Å². The lowest BCUT2D eigenvalue weighted by Gasteiger charge is -2.08. The van der Waals surface area contributed by atoms with Gasteiger partial charge >= 0.3 is 5.97 Å². The van der Waals surface area contributed by atoms with Crippen LogP contribution in [0.1, 0.15) is 21.6 Å². The first kappa shape index (κ1) is 14.7. The van der Waals surface area contributed by atoms with Crippen molar-refractivity contribution in [3.63, 3.8) is 0 Å². The van der Waals surface area contributed by atoms with Crippen molar-refractivity contribution in [2.75, 3.05) is 12.4 Å². The molecule has 2 rings (SSSR count). The molecule has 7 nitrogen and oxygen atoms in total. The third kappa shape index (κ3) is 3.65. The van der Waals surface area contributed by atoms with Crippen LogP contribution in [0.25, 0.3) is 0 Å². The lowest BCUT2D eigenvalue weighted by atomic mass is 10.1. The first-order valence-electron chi connectivity index (χ1n) is 6.35. The highest BCUT2D eigenvalue weighted by Gasteiger charge is 2.12. The van der Waals surface area contributed by atoms with E-state index in [9.17, 15) is 9.59 Å². The zero-order valence-corrected chi connectivity index (χ0v) is 12.1. The Morgan fingerprint density at radius 3 is 2.76 bits per heavy atom. The summed E-state index contributed by atoms with van der Waals surface area (Å²) in [5.74, 6) is -0.834. The summed E-state index contributed by atoms with van der Waals surface area (Å²) in [7, 11) is 1.26. The number of carbonyl (C=O) groups excluding carboxylic acids is 2. The van der Waals surface area contributed by atoms with Gasteiger partial charge < -0.3 is 10.1 Å². The fraction of sp³-hybridized carbons (Fsp3) is 0.286. The van der Waals surface area contributed by atoms with E-state index < -0.39 is 5.97 Å². The van der Waals surface area contributed by atoms with Crippen molar-refractivity contribution in [2.24, 2.45) is 0 Å². The van der Waals surface area contributed by atoms with Crippen LogP contribution in [0.3, 0.4) is 0 Å². The second kappa shape index (κ2) is 6.17. The second-order valence-corrected chi connectivity index (χ2v) is 4.66. The fourth-order valence-electron chi connectivity index (χ4n) is 1.86. The number of nitrogens with one attached hydrogen (secondary N) is 1. The number of nitrogens with zero attached hydrogens (tertiary/aromatic N) is 3. The number of anilines is 1. The predicted molar refractivity (Wildman–Crippen MR) is 75.9 cm³/mol. The molecule has 2 aromatic rings. The fourth-order valence-corrected chi connectivity index (χ4v) is 1.86. The second-order valence-electron chi connectivity index (χ2n) is 4.66. The van der Waals surface area contributed by atoms with Gasteiger partial charge in [0.25, 0.3) is 0 Å². The highest BCUT2D eigenvalue weighted by molar-refractivity contribution is 5.91. The summed E-state index contributed by atoms with van der Waals surface area (Å²) in [4.78, 5) is 23.2. The highest BCUT2D eigenvalue weighted by atomic mass is 16.5. The molecule has 0 aliphatic heterocycles. The van der Waals surface area contributed by atoms with E-state index in [1.54, 1.807) is 0 Å². The van der Waals surface area contributed by atoms with Crippen molar-refractivity contribution in [1.29, 1.82) is 0 Å². The lowest BCUT2D eigenvalue weighted by Crippen LogP contribution is -2.19. The largest absolute Gasteiger partial charge is 0.464 e. The van der Waals surface area contributed by atoms with Gasteiger partial charge in [0.2, 0.25) is 5.91 Å². The van der Waals surface area contributed by atoms with Gasteiger partial charge in [-0.25, -0.2) is 9.48 Å². The Morgan fingerprint density at radius 1 is 1.33 bits per heavy atom. The number of ether oxygens (including phenoxy) is 1. The van der Waals surface area contributed by atoms with Crippen LogP contribution in [-0.2, 0) is 16.1 Å². The summed E-state index contributed by atoms with van der Waals surface area (Å²) in [6, 6.07) is 5.76. The molecule has 0 spiro atoms. The third-order valence-electron chi connectivity index (χ3n) is 2.89. The van der Waals surface area contributed by atoms with E-state index in [2.05, 4.69) is 20.4 Å². The number of aromatic nitrogens is 3. The average molecular weight is 288 g/mol. The average Bonchev–Trinajstić information content (AvgIpc) is 2.89. The van der Waals surface area contributed by atoms with Crippen LogP contribution in [0.15, 0.2) is 24.4 Å². The Bertz CT molecular complexity index is 679. The Morgan fingerprint density at radius 2 is 2.10 bits per heavy atom. The van der Waals surface area contributed by atoms with Gasteiger partial charge in [-0.1, -0.05) is 22.9 Å². The Labute approximate surface area is 121 Å². The number of hydrogen-bond acceptors (Lipinski definition) is 5. The molecule has 1 amide bonds. The molecule has 0 radical (unpaired) electrons. The van der Waals surface area contributed by atoms with Crippen LogP contribution >= 0.6 is 0 Å². The van der Waals surface area contributed by atoms with Crippen LogP contribution in [-0.4, -0.2) is 34.0 Å². The maximum atomic E-state index is 12.0. The lowest BCUT2D eigenvalue weighted by molar-refractivity contribution is -0.116. The summed E-state index contributed by atoms with van der Waals surface area (Å²) in [5.41, 5.74) is 2.93. The molecule has 0 saturated carbocycles. The van der Waals surface area contributed by atoms with Gasteiger partial charge in [-0.2, -0.15) is 0 Å². The number of rotatable bonds is 4. The molecule has 1 heterocycles. The van der Waals surface area contributed by atoms with E-state index in [0.717, 1.165) is 16.8 Å². The molecule has 0 aliphatic rings. The summed E-state index contributed by atoms with van der Waals surface area (Å²) < 4.78 is 5.80. The molecule has 0 fully saturated rings. The van der Waals surface area contributed by atoms with E-state index in [-0.39, 0.29) is 18.1 Å². The van der Waals surface area contributed by atoms with Gasteiger partial charge in [0.15, 0.2) is 5.69 Å². The normalized spacial score (nSPS) is 10.2. The van der Waals surface area contributed by atoms with Crippen LogP contribution in [0.4, 0.5) is 5.69 Å². The number of amides is 1. The molecule has 1 aromatic carbocycles. The zero-order valence-electron chi connectivity index (χ0n) is 12.1. The zero-order chi connectivity index (χ0) is 15.4. The molecular formula is C14H16N4O3. The number of aryl methyl sites for hydroxylation is 2. The number of hydrogen-bond donors (Lipinski definition) is 1. The molecule has 0 bridgehead atoms. The van der Waals surface area contributed by atoms with Gasteiger partial charge in [0.05, 0.1) is 13.3 Å². The van der Waals surface area contributed by atoms with Crippen molar-refractivity contribution in [3.05, 3.63) is 41.2 Å². The van der Waals surface area contributed by atoms with E-state index in [0.29, 0.717) is 0 Å². The molecule has 0 aliphatic carbocycles. The summed E-state index contributed by atoms with van der Waals surface area (Å²) in [6.45, 7) is 3.88. The monoisotopic (exact) mass is 288 g/mol. The summed E-state index contributed by atoms with van der Waals surface area (Å²) in [5, 5.41) is 10.1. The first-order valence-corrected chi connectivity index (χ1v) is 6.35. The van der Waals surface area contributed by atoms with Crippen molar-refractivity contribution in [2.45, 2.75) is 20.4 Å². The minimum absolute atomic E-state index is 0.0304. The van der Waals surface area contributed by atoms with Crippen molar-refractivity contribution >= 4 is 17.6 Å². The van der Waals surface area contributed by atoms with E-state index >= 15 is 0 Å². The maximum absolute atomic E-state index is 12.0. The van der Waals surface area contributed by atoms with E-state index in [4.69, 9.17) is 0 Å². The SMILES string of the molecule is COC(=O)c1cn(CC(=O)Nc2ccc(C)cc2C)nn1. The van der Waals surface area contributed by atoms with Gasteiger partial charge in [0, 0.05) is 5.69 Å². The summed E-state index contributed by atoms with van der Waals surface area (Å²) >= 11 is 0. The van der Waals surface area contributed by atoms with Gasteiger partial charge in [-0.05, 0) is 25.5 Å². The number of benzene rings is 1. The van der Waals surface area contributed by atoms with Crippen molar-refractivity contribution < 1.29 is 14.3 Å². The molecule has 21 heavy (non-hydrogen) atoms. The topological polar surface area (TPSA) is 86.1 Å². The van der Waals surface area contributed by atoms with Crippen LogP contribution < -0.4 is 5.32 Å². The van der Waals surface area contributed by atoms with Crippen LogP contribution in [0.5, 0.6) is 0 Å². The molecule has 0 saturated heterocycles. The standard InChI is InChI=1S/C14H16N4O3/c1-9-4-5-11(10(2)6-9)15-13(19)8-18-7-12(16-17-18)14(20)21-3/h4-7H,8H2,1-3H3,(H,15,19). The number of esters is 1. The smallest absolute Gasteiger partial charge is 0.360 e. The Hall–Kier alpha value is -2.70. The van der Waals surface area contributed by atoms with Gasteiger partial charge in [0.1, 0.15) is 6.54 Å². The van der Waals surface area contributed by atoms with Gasteiger partial charge in [-0.15, -0.1) is 5.10 Å². The molecular weight excluding hydrogens is 272 g/mol. The van der Waals surface area contributed by atoms with Gasteiger partial charge in [-0.3, -0.25) is 4.79 Å². The molecule has 1 N–H and O–H groups in total. The predicted octanol–water partition coefficient (Wildman–Crippen LogP) is 1.32. The van der Waals surface area contributed by atoms with Crippen molar-refractivity contribution in [1.82, 2.24) is 15.0 Å². The molecule has 0 atom stereocenters. The molecule has 1 aromatic heterocycles.